The fourth-order valence-corrected chi connectivity index (χ4v) is 3.05. The molecule has 3 rings (SSSR count). The normalized spacial score (nSPS) is 13.3. The van der Waals surface area contributed by atoms with E-state index in [-0.39, 0.29) is 19.1 Å². The highest BCUT2D eigenvalue weighted by molar-refractivity contribution is 5.89. The van der Waals surface area contributed by atoms with Gasteiger partial charge in [-0.25, -0.2) is 4.98 Å². The van der Waals surface area contributed by atoms with Crippen LogP contribution in [-0.2, 0) is 11.3 Å². The Balaban J connectivity index is 1.96. The summed E-state index contributed by atoms with van der Waals surface area (Å²) in [5, 5.41) is 26.1. The number of pyridine rings is 1. The van der Waals surface area contributed by atoms with Crippen molar-refractivity contribution in [1.29, 1.82) is 0 Å². The Labute approximate surface area is 167 Å². The number of nitrogen functional groups attached to an aromatic ring is 1. The minimum atomic E-state index is -0.970. The number of fused-ring (bicyclic) bond motifs is 1. The molecule has 154 valence electrons. The first-order chi connectivity index (χ1) is 13.8. The summed E-state index contributed by atoms with van der Waals surface area (Å²) in [5.41, 5.74) is 7.87. The molecule has 0 spiro atoms. The SMILES string of the molecule is CCCC[C@](C)(CO)Nc1nc(N)nc2cc(-c3cnn(CC(=O)O)c3)cnc12. The van der Waals surface area contributed by atoms with Gasteiger partial charge in [0.2, 0.25) is 5.95 Å². The van der Waals surface area contributed by atoms with Crippen molar-refractivity contribution in [1.82, 2.24) is 24.7 Å². The van der Waals surface area contributed by atoms with E-state index in [2.05, 4.69) is 32.3 Å². The number of rotatable bonds is 9. The van der Waals surface area contributed by atoms with Crippen molar-refractivity contribution in [2.45, 2.75) is 45.2 Å². The summed E-state index contributed by atoms with van der Waals surface area (Å²) in [6.45, 7) is 3.75. The number of hydrogen-bond donors (Lipinski definition) is 4. The minimum Gasteiger partial charge on any atom is -0.480 e. The van der Waals surface area contributed by atoms with Gasteiger partial charge in [0, 0.05) is 23.5 Å². The standard InChI is InChI=1S/C19H25N7O3/c1-3-4-5-19(2,11-27)25-17-16-14(23-18(20)24-17)6-12(7-21-16)13-8-22-26(9-13)10-15(28)29/h6-9,27H,3-5,10-11H2,1-2H3,(H,28,29)(H3,20,23,24,25)/t19-/m1/s1. The van der Waals surface area contributed by atoms with Crippen molar-refractivity contribution in [3.63, 3.8) is 0 Å². The molecule has 0 amide bonds. The van der Waals surface area contributed by atoms with Gasteiger partial charge in [-0.2, -0.15) is 10.1 Å². The topological polar surface area (TPSA) is 152 Å². The maximum absolute atomic E-state index is 10.8. The van der Waals surface area contributed by atoms with E-state index in [1.807, 2.05) is 6.92 Å². The number of carboxylic acid groups (broad SMARTS) is 1. The molecular formula is C19H25N7O3. The average Bonchev–Trinajstić information content (AvgIpc) is 3.13. The summed E-state index contributed by atoms with van der Waals surface area (Å²) in [5.74, 6) is -0.410. The lowest BCUT2D eigenvalue weighted by Gasteiger charge is -2.29. The number of nitrogens with zero attached hydrogens (tertiary/aromatic N) is 5. The van der Waals surface area contributed by atoms with E-state index >= 15 is 0 Å². The smallest absolute Gasteiger partial charge is 0.325 e. The number of aliphatic hydroxyl groups is 1. The van der Waals surface area contributed by atoms with Crippen LogP contribution in [0.25, 0.3) is 22.2 Å². The van der Waals surface area contributed by atoms with Crippen LogP contribution in [0.5, 0.6) is 0 Å². The van der Waals surface area contributed by atoms with Gasteiger partial charge in [0.05, 0.1) is 23.9 Å². The summed E-state index contributed by atoms with van der Waals surface area (Å²) in [6, 6.07) is 1.80. The van der Waals surface area contributed by atoms with Crippen molar-refractivity contribution in [3.8, 4) is 11.1 Å². The van der Waals surface area contributed by atoms with Crippen LogP contribution in [0.3, 0.4) is 0 Å². The molecular weight excluding hydrogens is 374 g/mol. The Morgan fingerprint density at radius 2 is 2.10 bits per heavy atom. The molecule has 0 fully saturated rings. The van der Waals surface area contributed by atoms with Gasteiger partial charge in [0.15, 0.2) is 5.82 Å². The predicted octanol–water partition coefficient (Wildman–Crippen LogP) is 1.91. The number of aliphatic carboxylic acids is 1. The monoisotopic (exact) mass is 399 g/mol. The molecule has 5 N–H and O–H groups in total. The Morgan fingerprint density at radius 1 is 1.31 bits per heavy atom. The van der Waals surface area contributed by atoms with Crippen LogP contribution < -0.4 is 11.1 Å². The molecule has 0 aliphatic carbocycles. The van der Waals surface area contributed by atoms with Gasteiger partial charge in [-0.3, -0.25) is 14.5 Å². The average molecular weight is 399 g/mol. The summed E-state index contributed by atoms with van der Waals surface area (Å²) < 4.78 is 1.34. The summed E-state index contributed by atoms with van der Waals surface area (Å²) >= 11 is 0. The number of nitrogens with two attached hydrogens (primary N) is 1. The molecule has 0 saturated carbocycles. The predicted molar refractivity (Wildman–Crippen MR) is 109 cm³/mol. The van der Waals surface area contributed by atoms with Crippen molar-refractivity contribution in [2.75, 3.05) is 17.7 Å². The quantitative estimate of drug-likeness (QED) is 0.422. The Kier molecular flexibility index (Phi) is 5.92. The van der Waals surface area contributed by atoms with Gasteiger partial charge in [-0.05, 0) is 19.4 Å². The molecule has 10 nitrogen and oxygen atoms in total. The zero-order valence-corrected chi connectivity index (χ0v) is 16.5. The second-order valence-electron chi connectivity index (χ2n) is 7.29. The second-order valence-corrected chi connectivity index (χ2v) is 7.29. The van der Waals surface area contributed by atoms with Crippen molar-refractivity contribution >= 4 is 28.8 Å². The van der Waals surface area contributed by atoms with E-state index in [1.165, 1.54) is 4.68 Å². The summed E-state index contributed by atoms with van der Waals surface area (Å²) in [4.78, 5) is 23.9. The molecule has 3 aromatic heterocycles. The molecule has 3 heterocycles. The molecule has 0 saturated heterocycles. The first-order valence-corrected chi connectivity index (χ1v) is 9.40. The van der Waals surface area contributed by atoms with Gasteiger partial charge in [-0.15, -0.1) is 0 Å². The van der Waals surface area contributed by atoms with E-state index in [9.17, 15) is 9.90 Å². The molecule has 29 heavy (non-hydrogen) atoms. The van der Waals surface area contributed by atoms with Gasteiger partial charge >= 0.3 is 5.97 Å². The molecule has 0 aromatic carbocycles. The number of hydrogen-bond acceptors (Lipinski definition) is 8. The Hall–Kier alpha value is -3.27. The number of anilines is 2. The number of aliphatic hydroxyl groups excluding tert-OH is 1. The number of nitrogens with one attached hydrogen (secondary N) is 1. The van der Waals surface area contributed by atoms with Crippen molar-refractivity contribution < 1.29 is 15.0 Å². The maximum Gasteiger partial charge on any atom is 0.325 e. The van der Waals surface area contributed by atoms with Crippen LogP contribution in [-0.4, -0.2) is 53.1 Å². The van der Waals surface area contributed by atoms with Gasteiger partial charge in [0.25, 0.3) is 0 Å². The van der Waals surface area contributed by atoms with E-state index in [4.69, 9.17) is 10.8 Å². The van der Waals surface area contributed by atoms with Gasteiger partial charge < -0.3 is 21.3 Å². The molecule has 0 aliphatic heterocycles. The second kappa shape index (κ2) is 8.39. The largest absolute Gasteiger partial charge is 0.480 e. The lowest BCUT2D eigenvalue weighted by molar-refractivity contribution is -0.137. The van der Waals surface area contributed by atoms with Crippen molar-refractivity contribution in [2.24, 2.45) is 0 Å². The molecule has 10 heteroatoms. The van der Waals surface area contributed by atoms with Crippen LogP contribution in [0.1, 0.15) is 33.1 Å². The zero-order valence-electron chi connectivity index (χ0n) is 16.5. The third-order valence-electron chi connectivity index (χ3n) is 4.67. The lowest BCUT2D eigenvalue weighted by Crippen LogP contribution is -2.39. The van der Waals surface area contributed by atoms with E-state index < -0.39 is 11.5 Å². The molecule has 3 aromatic rings. The van der Waals surface area contributed by atoms with Crippen LogP contribution in [0.4, 0.5) is 11.8 Å². The van der Waals surface area contributed by atoms with Crippen LogP contribution >= 0.6 is 0 Å². The molecule has 0 aliphatic rings. The van der Waals surface area contributed by atoms with E-state index in [0.717, 1.165) is 30.4 Å². The highest BCUT2D eigenvalue weighted by Gasteiger charge is 2.24. The number of unbranched alkanes of at least 4 members (excludes halogenated alkanes) is 1. The minimum absolute atomic E-state index is 0.0563. The fourth-order valence-electron chi connectivity index (χ4n) is 3.05. The third-order valence-corrected chi connectivity index (χ3v) is 4.67. The molecule has 0 unspecified atom stereocenters. The first-order valence-electron chi connectivity index (χ1n) is 9.40. The van der Waals surface area contributed by atoms with Gasteiger partial charge in [-0.1, -0.05) is 19.8 Å². The summed E-state index contributed by atoms with van der Waals surface area (Å²) in [7, 11) is 0. The number of carbonyl (C=O) groups is 1. The first kappa shape index (κ1) is 20.5. The van der Waals surface area contributed by atoms with Gasteiger partial charge in [0.1, 0.15) is 12.1 Å². The van der Waals surface area contributed by atoms with E-state index in [1.54, 1.807) is 24.7 Å². The third kappa shape index (κ3) is 4.77. The van der Waals surface area contributed by atoms with Crippen molar-refractivity contribution in [3.05, 3.63) is 24.7 Å². The lowest BCUT2D eigenvalue weighted by atomic mass is 9.96. The maximum atomic E-state index is 10.8. The molecule has 0 radical (unpaired) electrons. The van der Waals surface area contributed by atoms with Crippen LogP contribution in [0, 0.1) is 0 Å². The Bertz CT molecular complexity index is 1020. The molecule has 0 bridgehead atoms. The summed E-state index contributed by atoms with van der Waals surface area (Å²) in [6.07, 6.45) is 7.60. The van der Waals surface area contributed by atoms with E-state index in [0.29, 0.717) is 16.9 Å². The zero-order chi connectivity index (χ0) is 21.0. The number of carboxylic acids is 1. The fraction of sp³-hybridized carbons (Fsp3) is 0.421. The Morgan fingerprint density at radius 3 is 2.79 bits per heavy atom. The number of aromatic nitrogens is 5. The van der Waals surface area contributed by atoms with Crippen LogP contribution in [0.15, 0.2) is 24.7 Å². The highest BCUT2D eigenvalue weighted by Crippen LogP contribution is 2.28. The molecule has 1 atom stereocenters. The van der Waals surface area contributed by atoms with Crippen LogP contribution in [0.2, 0.25) is 0 Å². The highest BCUT2D eigenvalue weighted by atomic mass is 16.4.